The van der Waals surface area contributed by atoms with Crippen molar-refractivity contribution in [1.82, 2.24) is 0 Å². The zero-order valence-electron chi connectivity index (χ0n) is 10.6. The molecule has 17 heavy (non-hydrogen) atoms. The van der Waals surface area contributed by atoms with Gasteiger partial charge in [0.1, 0.15) is 11.1 Å². The molecule has 1 aliphatic rings. The van der Waals surface area contributed by atoms with E-state index >= 15 is 0 Å². The molecule has 1 saturated carbocycles. The maximum atomic E-state index is 12.0. The molecule has 0 spiro atoms. The molecule has 0 radical (unpaired) electrons. The number of esters is 1. The van der Waals surface area contributed by atoms with E-state index in [1.807, 2.05) is 51.1 Å². The average molecular weight is 233 g/mol. The number of hydrogen-bond donors (Lipinski definition) is 1. The number of hydrogen-bond acceptors (Lipinski definition) is 3. The molecule has 0 heterocycles. The highest BCUT2D eigenvalue weighted by atomic mass is 16.6. The lowest BCUT2D eigenvalue weighted by Gasteiger charge is -2.22. The Hall–Kier alpha value is -1.35. The summed E-state index contributed by atoms with van der Waals surface area (Å²) in [6, 6.07) is 9.89. The summed E-state index contributed by atoms with van der Waals surface area (Å²) in [5.41, 5.74) is 5.91. The van der Waals surface area contributed by atoms with Crippen molar-refractivity contribution in [1.29, 1.82) is 0 Å². The minimum atomic E-state index is -0.825. The summed E-state index contributed by atoms with van der Waals surface area (Å²) in [6.07, 6.45) is 0.673. The van der Waals surface area contributed by atoms with Gasteiger partial charge in [-0.05, 0) is 32.8 Å². The number of ether oxygens (including phenoxy) is 1. The second-order valence-corrected chi connectivity index (χ2v) is 5.71. The van der Waals surface area contributed by atoms with Gasteiger partial charge in [0.05, 0.1) is 0 Å². The van der Waals surface area contributed by atoms with Gasteiger partial charge >= 0.3 is 5.97 Å². The third-order valence-corrected chi connectivity index (χ3v) is 2.98. The van der Waals surface area contributed by atoms with Crippen molar-refractivity contribution in [2.24, 2.45) is 5.73 Å². The molecule has 1 aromatic rings. The van der Waals surface area contributed by atoms with Crippen molar-refractivity contribution in [2.45, 2.75) is 44.2 Å². The number of carbonyl (C=O) groups is 1. The Labute approximate surface area is 102 Å². The molecule has 1 fully saturated rings. The molecule has 3 heteroatoms. The Balaban J connectivity index is 2.07. The van der Waals surface area contributed by atoms with Gasteiger partial charge in [-0.25, -0.2) is 0 Å². The van der Waals surface area contributed by atoms with E-state index in [1.165, 1.54) is 0 Å². The van der Waals surface area contributed by atoms with Crippen LogP contribution < -0.4 is 5.73 Å². The fourth-order valence-corrected chi connectivity index (χ4v) is 1.98. The molecular formula is C14H19NO2. The molecule has 2 N–H and O–H groups in total. The Morgan fingerprint density at radius 1 is 1.35 bits per heavy atom. The zero-order chi connectivity index (χ0) is 12.7. The maximum absolute atomic E-state index is 12.0. The lowest BCUT2D eigenvalue weighted by molar-refractivity contribution is -0.157. The van der Waals surface area contributed by atoms with E-state index in [-0.39, 0.29) is 11.9 Å². The summed E-state index contributed by atoms with van der Waals surface area (Å²) in [5, 5.41) is 0. The van der Waals surface area contributed by atoms with E-state index in [1.54, 1.807) is 0 Å². The van der Waals surface area contributed by atoms with Gasteiger partial charge in [0.15, 0.2) is 0 Å². The predicted octanol–water partition coefficient (Wildman–Crippen LogP) is 2.21. The van der Waals surface area contributed by atoms with Crippen molar-refractivity contribution in [3.8, 4) is 0 Å². The highest BCUT2D eigenvalue weighted by Crippen LogP contribution is 2.50. The quantitative estimate of drug-likeness (QED) is 0.797. The van der Waals surface area contributed by atoms with Crippen LogP contribution >= 0.6 is 0 Å². The Kier molecular flexibility index (Phi) is 2.74. The summed E-state index contributed by atoms with van der Waals surface area (Å²) >= 11 is 0. The van der Waals surface area contributed by atoms with Gasteiger partial charge in [0.25, 0.3) is 0 Å². The van der Waals surface area contributed by atoms with Crippen LogP contribution in [0.25, 0.3) is 0 Å². The first-order valence-electron chi connectivity index (χ1n) is 5.90. The SMILES string of the molecule is CC(C)(C)OC(=O)[C@@]1(N)C[C@H]1c1ccccc1. The summed E-state index contributed by atoms with van der Waals surface area (Å²) in [5.74, 6) is -0.197. The molecule has 3 nitrogen and oxygen atoms in total. The van der Waals surface area contributed by atoms with Gasteiger partial charge in [-0.2, -0.15) is 0 Å². The smallest absolute Gasteiger partial charge is 0.327 e. The van der Waals surface area contributed by atoms with Crippen LogP contribution in [-0.4, -0.2) is 17.1 Å². The molecular weight excluding hydrogens is 214 g/mol. The predicted molar refractivity (Wildman–Crippen MR) is 66.6 cm³/mol. The van der Waals surface area contributed by atoms with Crippen LogP contribution in [0.5, 0.6) is 0 Å². The first-order chi connectivity index (χ1) is 7.83. The van der Waals surface area contributed by atoms with Crippen molar-refractivity contribution in [2.75, 3.05) is 0 Å². The number of rotatable bonds is 2. The van der Waals surface area contributed by atoms with Crippen LogP contribution in [-0.2, 0) is 9.53 Å². The van der Waals surface area contributed by atoms with E-state index in [2.05, 4.69) is 0 Å². The molecule has 1 aromatic carbocycles. The monoisotopic (exact) mass is 233 g/mol. The largest absolute Gasteiger partial charge is 0.459 e. The second-order valence-electron chi connectivity index (χ2n) is 5.71. The van der Waals surface area contributed by atoms with Crippen molar-refractivity contribution in [3.63, 3.8) is 0 Å². The van der Waals surface area contributed by atoms with Crippen LogP contribution in [0.1, 0.15) is 38.7 Å². The minimum Gasteiger partial charge on any atom is -0.459 e. The van der Waals surface area contributed by atoms with E-state index in [0.717, 1.165) is 5.56 Å². The highest BCUT2D eigenvalue weighted by molar-refractivity contribution is 5.87. The molecule has 0 bridgehead atoms. The average Bonchev–Trinajstić information content (AvgIpc) is 2.91. The van der Waals surface area contributed by atoms with E-state index in [4.69, 9.17) is 10.5 Å². The molecule has 1 aliphatic carbocycles. The lowest BCUT2D eigenvalue weighted by Crippen LogP contribution is -2.40. The first kappa shape index (κ1) is 12.1. The minimum absolute atomic E-state index is 0.0959. The third kappa shape index (κ3) is 2.50. The van der Waals surface area contributed by atoms with Gasteiger partial charge < -0.3 is 10.5 Å². The molecule has 2 atom stereocenters. The second kappa shape index (κ2) is 3.84. The van der Waals surface area contributed by atoms with E-state index < -0.39 is 11.1 Å². The van der Waals surface area contributed by atoms with Gasteiger partial charge in [0.2, 0.25) is 0 Å². The zero-order valence-corrected chi connectivity index (χ0v) is 10.6. The van der Waals surface area contributed by atoms with Crippen molar-refractivity contribution >= 4 is 5.97 Å². The van der Waals surface area contributed by atoms with Crippen LogP contribution in [0.15, 0.2) is 30.3 Å². The summed E-state index contributed by atoms with van der Waals surface area (Å²) in [6.45, 7) is 5.57. The normalized spacial score (nSPS) is 27.6. The fourth-order valence-electron chi connectivity index (χ4n) is 1.98. The lowest BCUT2D eigenvalue weighted by atomic mass is 10.1. The van der Waals surface area contributed by atoms with Crippen LogP contribution in [0.4, 0.5) is 0 Å². The van der Waals surface area contributed by atoms with Crippen LogP contribution in [0.2, 0.25) is 0 Å². The summed E-state index contributed by atoms with van der Waals surface area (Å²) in [7, 11) is 0. The van der Waals surface area contributed by atoms with Gasteiger partial charge in [-0.15, -0.1) is 0 Å². The number of nitrogens with two attached hydrogens (primary N) is 1. The van der Waals surface area contributed by atoms with Crippen LogP contribution in [0.3, 0.4) is 0 Å². The van der Waals surface area contributed by atoms with Gasteiger partial charge in [0, 0.05) is 5.92 Å². The summed E-state index contributed by atoms with van der Waals surface area (Å²) < 4.78 is 5.35. The van der Waals surface area contributed by atoms with E-state index in [9.17, 15) is 4.79 Å². The first-order valence-corrected chi connectivity index (χ1v) is 5.90. The van der Waals surface area contributed by atoms with Gasteiger partial charge in [-0.3, -0.25) is 4.79 Å². The summed E-state index contributed by atoms with van der Waals surface area (Å²) in [4.78, 5) is 12.0. The fraction of sp³-hybridized carbons (Fsp3) is 0.500. The Morgan fingerprint density at radius 3 is 2.47 bits per heavy atom. The van der Waals surface area contributed by atoms with E-state index in [0.29, 0.717) is 6.42 Å². The van der Waals surface area contributed by atoms with Gasteiger partial charge in [-0.1, -0.05) is 30.3 Å². The standard InChI is InChI=1S/C14H19NO2/c1-13(2,3)17-12(16)14(15)9-11(14)10-7-5-4-6-8-10/h4-8,11H,9,15H2,1-3H3/t11-,14+/m0/s1. The van der Waals surface area contributed by atoms with Crippen molar-refractivity contribution in [3.05, 3.63) is 35.9 Å². The molecule has 0 amide bonds. The highest BCUT2D eigenvalue weighted by Gasteiger charge is 2.59. The van der Waals surface area contributed by atoms with Crippen molar-refractivity contribution < 1.29 is 9.53 Å². The molecule has 0 unspecified atom stereocenters. The topological polar surface area (TPSA) is 52.3 Å². The number of benzene rings is 1. The maximum Gasteiger partial charge on any atom is 0.327 e. The molecule has 92 valence electrons. The van der Waals surface area contributed by atoms with Crippen LogP contribution in [0, 0.1) is 0 Å². The molecule has 0 aliphatic heterocycles. The molecule has 0 saturated heterocycles. The third-order valence-electron chi connectivity index (χ3n) is 2.98. The molecule has 2 rings (SSSR count). The molecule has 0 aromatic heterocycles. The Morgan fingerprint density at radius 2 is 1.94 bits per heavy atom. The number of carbonyl (C=O) groups excluding carboxylic acids is 1. The Bertz CT molecular complexity index is 422.